The van der Waals surface area contributed by atoms with Crippen LogP contribution in [0.25, 0.3) is 0 Å². The van der Waals surface area contributed by atoms with Crippen molar-refractivity contribution in [2.24, 2.45) is 17.8 Å². The quantitative estimate of drug-likeness (QED) is 0.179. The maximum absolute atomic E-state index is 13.6. The van der Waals surface area contributed by atoms with E-state index in [0.717, 1.165) is 23.6 Å². The van der Waals surface area contributed by atoms with Gasteiger partial charge in [0.05, 0.1) is 23.9 Å². The molecule has 2 aliphatic rings. The van der Waals surface area contributed by atoms with Gasteiger partial charge < -0.3 is 25.8 Å². The van der Waals surface area contributed by atoms with E-state index in [2.05, 4.69) is 44.7 Å². The van der Waals surface area contributed by atoms with E-state index < -0.39 is 33.3 Å². The van der Waals surface area contributed by atoms with E-state index in [0.29, 0.717) is 42.4 Å². The number of anilines is 2. The maximum atomic E-state index is 13.6. The van der Waals surface area contributed by atoms with E-state index in [-0.39, 0.29) is 24.5 Å². The van der Waals surface area contributed by atoms with Gasteiger partial charge in [0.2, 0.25) is 10.0 Å². The van der Waals surface area contributed by atoms with Crippen LogP contribution in [-0.4, -0.2) is 80.1 Å². The molecule has 0 spiro atoms. The van der Waals surface area contributed by atoms with Crippen LogP contribution in [0, 0.1) is 29.6 Å². The smallest absolute Gasteiger partial charge is 0.251 e. The normalized spacial score (nSPS) is 19.3. The molecule has 0 aliphatic heterocycles. The van der Waals surface area contributed by atoms with Crippen LogP contribution in [0.2, 0.25) is 0 Å². The first kappa shape index (κ1) is 31.5. The number of carbonyl (C=O) groups excluding carboxylic acids is 1. The molecule has 0 bridgehead atoms. The number of carbonyl (C=O) groups is 1. The summed E-state index contributed by atoms with van der Waals surface area (Å²) in [5.41, 5.74) is 0.210. The molecule has 1 amide bonds. The van der Waals surface area contributed by atoms with Gasteiger partial charge in [0.15, 0.2) is 0 Å². The van der Waals surface area contributed by atoms with Gasteiger partial charge in [-0.05, 0) is 69.2 Å². The van der Waals surface area contributed by atoms with E-state index in [1.807, 2.05) is 0 Å². The number of nitrogens with one attached hydrogen (secondary N) is 3. The van der Waals surface area contributed by atoms with Gasteiger partial charge >= 0.3 is 0 Å². The summed E-state index contributed by atoms with van der Waals surface area (Å²) in [7, 11) is -2.25. The molecule has 2 aromatic heterocycles. The SMILES string of the molecule is CC(C)S(=O)(=O)N(C)c1cc(C(=O)N[C@@H](COc2ccncc2)[C@H](O)CNCC#CC2CC2)cc(NC[C@H]2C[C@@H]2C)n1. The number of nitrogens with zero attached hydrogens (tertiary/aromatic N) is 3. The number of amides is 1. The summed E-state index contributed by atoms with van der Waals surface area (Å²) in [5, 5.41) is 19.6. The number of sulfonamides is 1. The van der Waals surface area contributed by atoms with Crippen LogP contribution in [0.3, 0.4) is 0 Å². The van der Waals surface area contributed by atoms with Crippen LogP contribution >= 0.6 is 0 Å². The maximum Gasteiger partial charge on any atom is 0.251 e. The van der Waals surface area contributed by atoms with Crippen LogP contribution in [0.1, 0.15) is 50.4 Å². The number of hydrogen-bond donors (Lipinski definition) is 4. The Morgan fingerprint density at radius 1 is 1.24 bits per heavy atom. The first-order valence-electron chi connectivity index (χ1n) is 14.5. The number of aliphatic hydroxyl groups excluding tert-OH is 1. The molecule has 2 fully saturated rings. The zero-order valence-electron chi connectivity index (χ0n) is 24.7. The lowest BCUT2D eigenvalue weighted by molar-refractivity contribution is 0.0737. The van der Waals surface area contributed by atoms with Crippen molar-refractivity contribution < 1.29 is 23.1 Å². The highest BCUT2D eigenvalue weighted by Crippen LogP contribution is 2.37. The second kappa shape index (κ2) is 14.2. The van der Waals surface area contributed by atoms with Crippen molar-refractivity contribution in [1.29, 1.82) is 0 Å². The van der Waals surface area contributed by atoms with Crippen LogP contribution in [0.4, 0.5) is 11.6 Å². The molecule has 2 aliphatic carbocycles. The van der Waals surface area contributed by atoms with Crippen molar-refractivity contribution in [3.63, 3.8) is 0 Å². The Kier molecular flexibility index (Phi) is 10.6. The van der Waals surface area contributed by atoms with Crippen molar-refractivity contribution >= 4 is 27.6 Å². The topological polar surface area (TPSA) is 146 Å². The molecule has 0 aromatic carbocycles. The highest BCUT2D eigenvalue weighted by molar-refractivity contribution is 7.93. The van der Waals surface area contributed by atoms with Gasteiger partial charge in [-0.25, -0.2) is 13.4 Å². The largest absolute Gasteiger partial charge is 0.491 e. The summed E-state index contributed by atoms with van der Waals surface area (Å²) in [6.07, 6.45) is 5.59. The third-order valence-electron chi connectivity index (χ3n) is 7.51. The Morgan fingerprint density at radius 2 is 1.95 bits per heavy atom. The molecule has 4 rings (SSSR count). The van der Waals surface area contributed by atoms with Gasteiger partial charge in [0, 0.05) is 44.0 Å². The minimum atomic E-state index is -3.68. The third-order valence-corrected chi connectivity index (χ3v) is 9.65. The number of hydrogen-bond acceptors (Lipinski definition) is 9. The molecular weight excluding hydrogens is 556 g/mol. The monoisotopic (exact) mass is 598 g/mol. The molecular formula is C30H42N6O5S. The van der Waals surface area contributed by atoms with Crippen LogP contribution in [0.5, 0.6) is 5.75 Å². The lowest BCUT2D eigenvalue weighted by Gasteiger charge is -2.25. The fourth-order valence-corrected chi connectivity index (χ4v) is 5.22. The van der Waals surface area contributed by atoms with Crippen LogP contribution < -0.4 is 25.0 Å². The molecule has 2 heterocycles. The molecule has 0 radical (unpaired) electrons. The molecule has 12 heteroatoms. The summed E-state index contributed by atoms with van der Waals surface area (Å²) < 4.78 is 32.8. The first-order chi connectivity index (χ1) is 20.0. The van der Waals surface area contributed by atoms with Gasteiger partial charge in [0.1, 0.15) is 24.0 Å². The van der Waals surface area contributed by atoms with Crippen molar-refractivity contribution in [2.75, 3.05) is 42.9 Å². The lowest BCUT2D eigenvalue weighted by atomic mass is 10.1. The van der Waals surface area contributed by atoms with E-state index in [4.69, 9.17) is 4.74 Å². The van der Waals surface area contributed by atoms with Gasteiger partial charge in [-0.15, -0.1) is 0 Å². The fourth-order valence-electron chi connectivity index (χ4n) is 4.23. The standard InChI is InChI=1S/C30H42N6O5S/c1-20(2)42(39,40)36(4)29-16-23(15-28(35-29)33-17-24-14-21(24)3)30(38)34-26(19-41-25-9-12-31-13-10-25)27(37)18-32-11-5-6-22-7-8-22/h9-10,12-13,15-16,20-22,24,26-27,32,37H,7-8,11,14,17-19H2,1-4H3,(H,33,35)(H,34,38)/t21-,24+,26-,27+/m0/s1. The Morgan fingerprint density at radius 3 is 2.60 bits per heavy atom. The molecule has 0 saturated heterocycles. The predicted molar refractivity (Wildman–Crippen MR) is 163 cm³/mol. The predicted octanol–water partition coefficient (Wildman–Crippen LogP) is 2.26. The summed E-state index contributed by atoms with van der Waals surface area (Å²) in [5.74, 6) is 8.44. The second-order valence-corrected chi connectivity index (χ2v) is 13.9. The Balaban J connectivity index is 1.51. The second-order valence-electron chi connectivity index (χ2n) is 11.4. The molecule has 228 valence electrons. The van der Waals surface area contributed by atoms with E-state index >= 15 is 0 Å². The molecule has 4 atom stereocenters. The Labute approximate surface area is 248 Å². The third kappa shape index (κ3) is 9.05. The fraction of sp³-hybridized carbons (Fsp3) is 0.567. The summed E-state index contributed by atoms with van der Waals surface area (Å²) >= 11 is 0. The van der Waals surface area contributed by atoms with Crippen molar-refractivity contribution in [1.82, 2.24) is 20.6 Å². The highest BCUT2D eigenvalue weighted by atomic mass is 32.2. The zero-order chi connectivity index (χ0) is 30.3. The molecule has 42 heavy (non-hydrogen) atoms. The van der Waals surface area contributed by atoms with Gasteiger partial charge in [0.25, 0.3) is 5.91 Å². The number of ether oxygens (including phenoxy) is 1. The van der Waals surface area contributed by atoms with E-state index in [9.17, 15) is 18.3 Å². The molecule has 11 nitrogen and oxygen atoms in total. The summed E-state index contributed by atoms with van der Waals surface area (Å²) in [6.45, 7) is 6.65. The summed E-state index contributed by atoms with van der Waals surface area (Å²) in [6, 6.07) is 5.64. The van der Waals surface area contributed by atoms with Crippen molar-refractivity contribution in [2.45, 2.75) is 57.4 Å². The van der Waals surface area contributed by atoms with E-state index in [1.165, 1.54) is 13.1 Å². The van der Waals surface area contributed by atoms with Crippen molar-refractivity contribution in [3.8, 4) is 17.6 Å². The average Bonchev–Trinajstić information content (AvgIpc) is 3.91. The number of pyridine rings is 2. The first-order valence-corrected chi connectivity index (χ1v) is 16.0. The number of aliphatic hydroxyl groups is 1. The molecule has 4 N–H and O–H groups in total. The summed E-state index contributed by atoms with van der Waals surface area (Å²) in [4.78, 5) is 22.1. The molecule has 2 saturated carbocycles. The zero-order valence-corrected chi connectivity index (χ0v) is 25.5. The van der Waals surface area contributed by atoms with Gasteiger partial charge in [-0.3, -0.25) is 14.1 Å². The Hall–Kier alpha value is -3.40. The van der Waals surface area contributed by atoms with Crippen molar-refractivity contribution in [3.05, 3.63) is 42.2 Å². The molecule has 0 unspecified atom stereocenters. The Bertz CT molecular complexity index is 1370. The van der Waals surface area contributed by atoms with Crippen LogP contribution in [-0.2, 0) is 10.0 Å². The number of aromatic nitrogens is 2. The minimum Gasteiger partial charge on any atom is -0.491 e. The van der Waals surface area contributed by atoms with Gasteiger partial charge in [-0.1, -0.05) is 18.8 Å². The average molecular weight is 599 g/mol. The highest BCUT2D eigenvalue weighted by Gasteiger charge is 2.32. The van der Waals surface area contributed by atoms with Crippen LogP contribution in [0.15, 0.2) is 36.7 Å². The number of rotatable bonds is 15. The minimum absolute atomic E-state index is 0.00337. The lowest BCUT2D eigenvalue weighted by Crippen LogP contribution is -2.50. The van der Waals surface area contributed by atoms with Gasteiger partial charge in [-0.2, -0.15) is 0 Å². The van der Waals surface area contributed by atoms with E-state index in [1.54, 1.807) is 44.4 Å². The molecule has 2 aromatic rings.